The second-order valence-electron chi connectivity index (χ2n) is 4.58. The van der Waals surface area contributed by atoms with Crippen molar-refractivity contribution in [1.29, 1.82) is 5.26 Å². The topological polar surface area (TPSA) is 36.3 Å². The van der Waals surface area contributed by atoms with Crippen molar-refractivity contribution in [2.75, 3.05) is 20.7 Å². The molecule has 0 aliphatic heterocycles. The molecule has 0 aromatic heterocycles. The zero-order valence-electron chi connectivity index (χ0n) is 8.29. The van der Waals surface area contributed by atoms with Gasteiger partial charge in [0.05, 0.1) is 13.2 Å². The van der Waals surface area contributed by atoms with Crippen LogP contribution in [-0.2, 0) is 4.84 Å². The van der Waals surface area contributed by atoms with Crippen molar-refractivity contribution in [3.63, 3.8) is 0 Å². The van der Waals surface area contributed by atoms with E-state index >= 15 is 0 Å². The second-order valence-corrected chi connectivity index (χ2v) is 4.58. The van der Waals surface area contributed by atoms with Gasteiger partial charge in [-0.3, -0.25) is 0 Å². The van der Waals surface area contributed by atoms with Crippen LogP contribution >= 0.6 is 0 Å². The second kappa shape index (κ2) is 2.97. The van der Waals surface area contributed by atoms with Gasteiger partial charge in [-0.2, -0.15) is 10.3 Å². The lowest BCUT2D eigenvalue weighted by Crippen LogP contribution is -2.39. The van der Waals surface area contributed by atoms with E-state index in [-0.39, 0.29) is 0 Å². The molecule has 0 aromatic rings. The molecule has 1 unspecified atom stereocenters. The highest BCUT2D eigenvalue weighted by molar-refractivity contribution is 5.11. The molecule has 3 saturated carbocycles. The average Bonchev–Trinajstić information content (AvgIpc) is 2.57. The molecular weight excluding hydrogens is 164 g/mol. The molecule has 3 aliphatic rings. The first-order valence-corrected chi connectivity index (χ1v) is 4.84. The molecule has 3 nitrogen and oxygen atoms in total. The molecule has 3 aliphatic carbocycles. The highest BCUT2D eigenvalue weighted by Gasteiger charge is 2.56. The fraction of sp³-hybridized carbons (Fsp3) is 0.900. The van der Waals surface area contributed by atoms with Crippen LogP contribution < -0.4 is 0 Å². The first kappa shape index (κ1) is 8.98. The van der Waals surface area contributed by atoms with Crippen LogP contribution in [0.5, 0.6) is 0 Å². The third-order valence-corrected chi connectivity index (χ3v) is 3.65. The molecule has 3 fully saturated rings. The number of rotatable bonds is 3. The Morgan fingerprint density at radius 2 is 2.23 bits per heavy atom. The summed E-state index contributed by atoms with van der Waals surface area (Å²) in [6.45, 7) is 0.984. The zero-order chi connectivity index (χ0) is 9.47. The molecule has 0 radical (unpaired) electrons. The molecule has 3 rings (SSSR count). The zero-order valence-corrected chi connectivity index (χ0v) is 8.29. The summed E-state index contributed by atoms with van der Waals surface area (Å²) in [6, 6.07) is 2.41. The van der Waals surface area contributed by atoms with E-state index in [1.165, 1.54) is 12.8 Å². The fourth-order valence-electron chi connectivity index (χ4n) is 3.02. The molecule has 72 valence electrons. The molecule has 0 heterocycles. The van der Waals surface area contributed by atoms with E-state index in [0.29, 0.717) is 17.3 Å². The Bertz CT molecular complexity index is 240. The number of hydrogen-bond donors (Lipinski definition) is 0. The maximum atomic E-state index is 8.87. The molecule has 0 spiro atoms. The Kier molecular flexibility index (Phi) is 2.05. The molecular formula is C10H16N2O. The lowest BCUT2D eigenvalue weighted by atomic mass is 9.69. The van der Waals surface area contributed by atoms with Crippen LogP contribution in [-0.4, -0.2) is 25.8 Å². The van der Waals surface area contributed by atoms with E-state index in [0.717, 1.165) is 13.0 Å². The SMILES string of the molecule is CON(C)CC12CC(C#N)C(C1)C2. The predicted molar refractivity (Wildman–Crippen MR) is 48.5 cm³/mol. The lowest BCUT2D eigenvalue weighted by molar-refractivity contribution is -0.140. The van der Waals surface area contributed by atoms with Gasteiger partial charge in [0.1, 0.15) is 0 Å². The maximum Gasteiger partial charge on any atom is 0.0658 e. The van der Waals surface area contributed by atoms with Crippen molar-refractivity contribution in [2.24, 2.45) is 17.3 Å². The molecule has 3 heteroatoms. The Morgan fingerprint density at radius 1 is 1.54 bits per heavy atom. The average molecular weight is 180 g/mol. The maximum absolute atomic E-state index is 8.87. The van der Waals surface area contributed by atoms with Crippen LogP contribution in [0.3, 0.4) is 0 Å². The smallest absolute Gasteiger partial charge is 0.0658 e. The largest absolute Gasteiger partial charge is 0.303 e. The highest BCUT2D eigenvalue weighted by atomic mass is 16.7. The van der Waals surface area contributed by atoms with Gasteiger partial charge < -0.3 is 4.84 Å². The number of nitrogens with zero attached hydrogens (tertiary/aromatic N) is 2. The number of nitriles is 1. The van der Waals surface area contributed by atoms with Gasteiger partial charge in [-0.15, -0.1) is 0 Å². The summed E-state index contributed by atoms with van der Waals surface area (Å²) in [5, 5.41) is 10.8. The summed E-state index contributed by atoms with van der Waals surface area (Å²) in [4.78, 5) is 5.12. The molecule has 13 heavy (non-hydrogen) atoms. The van der Waals surface area contributed by atoms with Crippen LogP contribution in [0.2, 0.25) is 0 Å². The Morgan fingerprint density at radius 3 is 2.69 bits per heavy atom. The highest BCUT2D eigenvalue weighted by Crippen LogP contribution is 2.61. The summed E-state index contributed by atoms with van der Waals surface area (Å²) < 4.78 is 0. The molecule has 0 aromatic carbocycles. The van der Waals surface area contributed by atoms with E-state index < -0.39 is 0 Å². The standard InChI is InChI=1S/C10H16N2O/c1-12(13-2)7-10-3-8(4-10)9(5-10)6-11/h8-9H,3-5,7H2,1-2H3. The summed E-state index contributed by atoms with van der Waals surface area (Å²) >= 11 is 0. The Labute approximate surface area is 79.2 Å². The van der Waals surface area contributed by atoms with Crippen molar-refractivity contribution in [2.45, 2.75) is 19.3 Å². The van der Waals surface area contributed by atoms with Crippen molar-refractivity contribution < 1.29 is 4.84 Å². The van der Waals surface area contributed by atoms with Gasteiger partial charge in [0.15, 0.2) is 0 Å². The molecule has 0 saturated heterocycles. The van der Waals surface area contributed by atoms with Crippen molar-refractivity contribution >= 4 is 0 Å². The van der Waals surface area contributed by atoms with Gasteiger partial charge in [0, 0.05) is 19.5 Å². The molecule has 0 N–H and O–H groups in total. The molecule has 0 amide bonds. The van der Waals surface area contributed by atoms with Crippen LogP contribution in [0.25, 0.3) is 0 Å². The Hall–Kier alpha value is -0.590. The van der Waals surface area contributed by atoms with E-state index in [1.807, 2.05) is 12.1 Å². The first-order chi connectivity index (χ1) is 6.19. The van der Waals surface area contributed by atoms with Crippen molar-refractivity contribution in [3.8, 4) is 6.07 Å². The van der Waals surface area contributed by atoms with Gasteiger partial charge in [-0.25, -0.2) is 0 Å². The van der Waals surface area contributed by atoms with Crippen LogP contribution in [0.15, 0.2) is 0 Å². The van der Waals surface area contributed by atoms with Gasteiger partial charge in [0.25, 0.3) is 0 Å². The van der Waals surface area contributed by atoms with E-state index in [9.17, 15) is 0 Å². The van der Waals surface area contributed by atoms with Crippen LogP contribution in [0, 0.1) is 28.6 Å². The Balaban J connectivity index is 1.93. The number of hydroxylamine groups is 2. The van der Waals surface area contributed by atoms with Gasteiger partial charge >= 0.3 is 0 Å². The van der Waals surface area contributed by atoms with Gasteiger partial charge in [0.2, 0.25) is 0 Å². The summed E-state index contributed by atoms with van der Waals surface area (Å²) in [5.74, 6) is 1.01. The minimum Gasteiger partial charge on any atom is -0.303 e. The van der Waals surface area contributed by atoms with E-state index in [2.05, 4.69) is 6.07 Å². The van der Waals surface area contributed by atoms with Gasteiger partial charge in [-0.1, -0.05) is 0 Å². The summed E-state index contributed by atoms with van der Waals surface area (Å²) in [7, 11) is 3.66. The monoisotopic (exact) mass is 180 g/mol. The van der Waals surface area contributed by atoms with Crippen LogP contribution in [0.1, 0.15) is 19.3 Å². The van der Waals surface area contributed by atoms with Gasteiger partial charge in [-0.05, 0) is 30.6 Å². The van der Waals surface area contributed by atoms with E-state index in [4.69, 9.17) is 10.1 Å². The summed E-state index contributed by atoms with van der Waals surface area (Å²) in [5.41, 5.74) is 0.413. The predicted octanol–water partition coefficient (Wildman–Crippen LogP) is 1.42. The lowest BCUT2D eigenvalue weighted by Gasteiger charge is -2.40. The number of fused-ring (bicyclic) bond motifs is 1. The molecule has 2 bridgehead atoms. The third-order valence-electron chi connectivity index (χ3n) is 3.65. The minimum atomic E-state index is 0.324. The molecule has 1 atom stereocenters. The fourth-order valence-corrected chi connectivity index (χ4v) is 3.02. The normalized spacial score (nSPS) is 41.7. The first-order valence-electron chi connectivity index (χ1n) is 4.84. The quantitative estimate of drug-likeness (QED) is 0.616. The van der Waals surface area contributed by atoms with Crippen LogP contribution in [0.4, 0.5) is 0 Å². The summed E-state index contributed by atoms with van der Waals surface area (Å²) in [6.07, 6.45) is 3.56. The van der Waals surface area contributed by atoms with E-state index in [1.54, 1.807) is 7.11 Å². The third kappa shape index (κ3) is 1.34. The minimum absolute atomic E-state index is 0.324. The van der Waals surface area contributed by atoms with Crippen molar-refractivity contribution in [3.05, 3.63) is 0 Å². The van der Waals surface area contributed by atoms with Crippen molar-refractivity contribution in [1.82, 2.24) is 5.06 Å². The number of hydrogen-bond acceptors (Lipinski definition) is 3.